The predicted octanol–water partition coefficient (Wildman–Crippen LogP) is 0.621. The molecule has 1 aromatic heterocycles. The van der Waals surface area contributed by atoms with Crippen LogP contribution in [-0.2, 0) is 20.9 Å². The Labute approximate surface area is 150 Å². The molecule has 26 heavy (non-hydrogen) atoms. The second-order valence-corrected chi connectivity index (χ2v) is 6.61. The molecule has 0 spiro atoms. The Balaban J connectivity index is 1.30. The number of aromatic nitrogens is 1. The zero-order chi connectivity index (χ0) is 18.1. The van der Waals surface area contributed by atoms with E-state index in [4.69, 9.17) is 4.42 Å². The van der Waals surface area contributed by atoms with Crippen molar-refractivity contribution in [3.8, 4) is 0 Å². The maximum atomic E-state index is 12.4. The zero-order valence-corrected chi connectivity index (χ0v) is 14.4. The molecule has 0 unspecified atom stereocenters. The Morgan fingerprint density at radius 2 is 1.73 bits per heavy atom. The highest BCUT2D eigenvalue weighted by atomic mass is 16.3. The number of benzene rings is 1. The van der Waals surface area contributed by atoms with Crippen LogP contribution in [0.2, 0.25) is 0 Å². The summed E-state index contributed by atoms with van der Waals surface area (Å²) >= 11 is 0. The quantitative estimate of drug-likeness (QED) is 0.747. The number of likely N-dealkylation sites (tertiary alicyclic amines) is 1. The number of piperazine rings is 1. The lowest BCUT2D eigenvalue weighted by Gasteiger charge is -2.34. The summed E-state index contributed by atoms with van der Waals surface area (Å²) in [6, 6.07) is 7.65. The third kappa shape index (κ3) is 3.32. The minimum atomic E-state index is -0.252. The van der Waals surface area contributed by atoms with Crippen molar-refractivity contribution in [2.75, 3.05) is 32.7 Å². The lowest BCUT2D eigenvalue weighted by atomic mass is 10.3. The second-order valence-electron chi connectivity index (χ2n) is 6.61. The molecule has 2 aliphatic heterocycles. The number of para-hydroxylation sites is 2. The molecule has 0 saturated carbocycles. The fourth-order valence-corrected chi connectivity index (χ4v) is 3.37. The summed E-state index contributed by atoms with van der Waals surface area (Å²) in [4.78, 5) is 45.1. The molecule has 8 nitrogen and oxygen atoms in total. The summed E-state index contributed by atoms with van der Waals surface area (Å²) in [5.41, 5.74) is 1.62. The van der Waals surface area contributed by atoms with Crippen LogP contribution in [0, 0.1) is 0 Å². The smallest absolute Gasteiger partial charge is 0.242 e. The van der Waals surface area contributed by atoms with Crippen molar-refractivity contribution in [2.24, 2.45) is 0 Å². The van der Waals surface area contributed by atoms with Crippen molar-refractivity contribution in [1.29, 1.82) is 0 Å². The van der Waals surface area contributed by atoms with E-state index >= 15 is 0 Å². The molecule has 2 fully saturated rings. The SMILES string of the molecule is O=C(CN1C(=O)CCC1=O)N1CCN(Cc2nc3ccccc3o2)CC1. The van der Waals surface area contributed by atoms with Gasteiger partial charge in [-0.25, -0.2) is 4.98 Å². The van der Waals surface area contributed by atoms with Crippen molar-refractivity contribution in [2.45, 2.75) is 19.4 Å². The Hall–Kier alpha value is -2.74. The Bertz CT molecular complexity index is 805. The number of fused-ring (bicyclic) bond motifs is 1. The average Bonchev–Trinajstić information content (AvgIpc) is 3.19. The summed E-state index contributed by atoms with van der Waals surface area (Å²) in [6.07, 6.45) is 0.425. The van der Waals surface area contributed by atoms with Crippen LogP contribution in [0.5, 0.6) is 0 Å². The fraction of sp³-hybridized carbons (Fsp3) is 0.444. The third-order valence-corrected chi connectivity index (χ3v) is 4.87. The molecule has 3 heterocycles. The van der Waals surface area contributed by atoms with Crippen LogP contribution < -0.4 is 0 Å². The maximum absolute atomic E-state index is 12.4. The minimum absolute atomic E-state index is 0.136. The number of imide groups is 1. The minimum Gasteiger partial charge on any atom is -0.439 e. The van der Waals surface area contributed by atoms with Gasteiger partial charge in [-0.3, -0.25) is 24.2 Å². The monoisotopic (exact) mass is 356 g/mol. The number of carbonyl (C=O) groups is 3. The van der Waals surface area contributed by atoms with E-state index in [2.05, 4.69) is 9.88 Å². The number of oxazole rings is 1. The molecule has 0 aliphatic carbocycles. The van der Waals surface area contributed by atoms with Gasteiger partial charge in [0.1, 0.15) is 12.1 Å². The van der Waals surface area contributed by atoms with Crippen LogP contribution in [0.4, 0.5) is 0 Å². The largest absolute Gasteiger partial charge is 0.439 e. The predicted molar refractivity (Wildman–Crippen MR) is 91.8 cm³/mol. The molecule has 0 N–H and O–H groups in total. The first-order valence-corrected chi connectivity index (χ1v) is 8.78. The summed E-state index contributed by atoms with van der Waals surface area (Å²) in [7, 11) is 0. The topological polar surface area (TPSA) is 87.0 Å². The van der Waals surface area contributed by atoms with Crippen molar-refractivity contribution in [3.05, 3.63) is 30.2 Å². The van der Waals surface area contributed by atoms with E-state index in [0.29, 0.717) is 38.6 Å². The van der Waals surface area contributed by atoms with E-state index in [9.17, 15) is 14.4 Å². The van der Waals surface area contributed by atoms with Crippen LogP contribution in [0.25, 0.3) is 11.1 Å². The highest BCUT2D eigenvalue weighted by Gasteiger charge is 2.32. The van der Waals surface area contributed by atoms with Crippen LogP contribution >= 0.6 is 0 Å². The van der Waals surface area contributed by atoms with Crippen molar-refractivity contribution < 1.29 is 18.8 Å². The zero-order valence-electron chi connectivity index (χ0n) is 14.4. The van der Waals surface area contributed by atoms with Gasteiger partial charge >= 0.3 is 0 Å². The van der Waals surface area contributed by atoms with Crippen molar-refractivity contribution >= 4 is 28.8 Å². The molecular formula is C18H20N4O4. The Morgan fingerprint density at radius 1 is 1.04 bits per heavy atom. The molecule has 2 aliphatic rings. The number of carbonyl (C=O) groups excluding carboxylic acids is 3. The van der Waals surface area contributed by atoms with E-state index in [1.165, 1.54) is 0 Å². The molecule has 2 saturated heterocycles. The molecule has 4 rings (SSSR count). The van der Waals surface area contributed by atoms with Crippen LogP contribution in [0.1, 0.15) is 18.7 Å². The maximum Gasteiger partial charge on any atom is 0.242 e. The molecule has 0 atom stereocenters. The van der Waals surface area contributed by atoms with Crippen molar-refractivity contribution in [3.63, 3.8) is 0 Å². The van der Waals surface area contributed by atoms with Crippen molar-refractivity contribution in [1.82, 2.24) is 19.7 Å². The van der Waals surface area contributed by atoms with Gasteiger partial charge in [-0.15, -0.1) is 0 Å². The van der Waals surface area contributed by atoms with Gasteiger partial charge in [0.25, 0.3) is 0 Å². The summed E-state index contributed by atoms with van der Waals surface area (Å²) in [5.74, 6) is -0.00904. The van der Waals surface area contributed by atoms with E-state index < -0.39 is 0 Å². The standard InChI is InChI=1S/C18H20N4O4/c23-16-5-6-17(24)22(16)12-18(25)21-9-7-20(8-10-21)11-15-19-13-3-1-2-4-14(13)26-15/h1-4H,5-12H2. The third-order valence-electron chi connectivity index (χ3n) is 4.87. The van der Waals surface area contributed by atoms with Gasteiger partial charge < -0.3 is 9.32 Å². The van der Waals surface area contributed by atoms with Crippen LogP contribution in [0.15, 0.2) is 28.7 Å². The Morgan fingerprint density at radius 3 is 2.42 bits per heavy atom. The molecule has 0 radical (unpaired) electrons. The first-order valence-electron chi connectivity index (χ1n) is 8.78. The first kappa shape index (κ1) is 16.7. The summed E-state index contributed by atoms with van der Waals surface area (Å²) in [5, 5.41) is 0. The van der Waals surface area contributed by atoms with Gasteiger partial charge in [0.05, 0.1) is 6.54 Å². The number of rotatable bonds is 4. The van der Waals surface area contributed by atoms with Crippen LogP contribution in [-0.4, -0.2) is 70.1 Å². The molecule has 2 aromatic rings. The normalized spacial score (nSPS) is 18.9. The molecule has 0 bridgehead atoms. The lowest BCUT2D eigenvalue weighted by molar-refractivity contribution is -0.146. The van der Waals surface area contributed by atoms with Gasteiger partial charge in [-0.1, -0.05) is 12.1 Å². The highest BCUT2D eigenvalue weighted by Crippen LogP contribution is 2.17. The Kier molecular flexibility index (Phi) is 4.42. The lowest BCUT2D eigenvalue weighted by Crippen LogP contribution is -2.51. The second kappa shape index (κ2) is 6.87. The molecule has 8 heteroatoms. The summed E-state index contributed by atoms with van der Waals surface area (Å²) in [6.45, 7) is 2.99. The van der Waals surface area contributed by atoms with Crippen LogP contribution in [0.3, 0.4) is 0 Å². The van der Waals surface area contributed by atoms with Gasteiger partial charge in [0, 0.05) is 39.0 Å². The number of hydrogen-bond donors (Lipinski definition) is 0. The van der Waals surface area contributed by atoms with E-state index in [-0.39, 0.29) is 37.1 Å². The van der Waals surface area contributed by atoms with E-state index in [0.717, 1.165) is 16.0 Å². The van der Waals surface area contributed by atoms with Gasteiger partial charge in [-0.05, 0) is 12.1 Å². The first-order chi connectivity index (χ1) is 12.6. The van der Waals surface area contributed by atoms with Gasteiger partial charge in [-0.2, -0.15) is 0 Å². The molecular weight excluding hydrogens is 336 g/mol. The number of amides is 3. The fourth-order valence-electron chi connectivity index (χ4n) is 3.37. The summed E-state index contributed by atoms with van der Waals surface area (Å²) < 4.78 is 5.74. The average molecular weight is 356 g/mol. The van der Waals surface area contributed by atoms with E-state index in [1.807, 2.05) is 24.3 Å². The van der Waals surface area contributed by atoms with E-state index in [1.54, 1.807) is 4.90 Å². The van der Waals surface area contributed by atoms with Gasteiger partial charge in [0.15, 0.2) is 5.58 Å². The highest BCUT2D eigenvalue weighted by molar-refractivity contribution is 6.04. The van der Waals surface area contributed by atoms with Gasteiger partial charge in [0.2, 0.25) is 23.6 Å². The molecule has 136 valence electrons. The molecule has 1 aromatic carbocycles. The number of hydrogen-bond acceptors (Lipinski definition) is 6. The number of nitrogens with zero attached hydrogens (tertiary/aromatic N) is 4. The molecule has 3 amide bonds.